The highest BCUT2D eigenvalue weighted by atomic mass is 79.9. The van der Waals surface area contributed by atoms with E-state index in [-0.39, 0.29) is 11.8 Å². The van der Waals surface area contributed by atoms with Gasteiger partial charge in [0.25, 0.3) is 0 Å². The molecule has 0 aromatic carbocycles. The monoisotopic (exact) mass is 208 g/mol. The zero-order valence-electron chi connectivity index (χ0n) is 5.77. The first-order valence-electron chi connectivity index (χ1n) is 2.70. The van der Waals surface area contributed by atoms with Gasteiger partial charge in [-0.15, -0.1) is 0 Å². The predicted octanol–water partition coefficient (Wildman–Crippen LogP) is -0.758. The lowest BCUT2D eigenvalue weighted by molar-refractivity contribution is -0.127. The molecular weight excluding hydrogens is 200 g/mol. The van der Waals surface area contributed by atoms with Gasteiger partial charge in [-0.1, -0.05) is 15.9 Å². The Hall–Kier alpha value is -0.580. The first-order chi connectivity index (χ1) is 4.63. The fourth-order valence-corrected chi connectivity index (χ4v) is 0.830. The molecule has 0 aliphatic heterocycles. The van der Waals surface area contributed by atoms with Gasteiger partial charge in [0.2, 0.25) is 11.8 Å². The van der Waals surface area contributed by atoms with Crippen molar-refractivity contribution in [2.45, 2.75) is 4.83 Å². The van der Waals surface area contributed by atoms with Crippen LogP contribution in [0, 0.1) is 0 Å². The quantitative estimate of drug-likeness (QED) is 0.464. The maximum atomic E-state index is 10.7. The van der Waals surface area contributed by atoms with Gasteiger partial charge in [0.1, 0.15) is 0 Å². The van der Waals surface area contributed by atoms with Crippen LogP contribution in [0.25, 0.3) is 0 Å². The summed E-state index contributed by atoms with van der Waals surface area (Å²) in [6.45, 7) is 0. The van der Waals surface area contributed by atoms with E-state index in [1.807, 2.05) is 0 Å². The summed E-state index contributed by atoms with van der Waals surface area (Å²) in [6.07, 6.45) is 0. The molecule has 2 amide bonds. The third-order valence-electron chi connectivity index (χ3n) is 0.953. The molecule has 0 bridgehead atoms. The molecule has 0 saturated heterocycles. The van der Waals surface area contributed by atoms with Crippen LogP contribution in [0.15, 0.2) is 0 Å². The molecule has 0 aromatic rings. The smallest absolute Gasteiger partial charge is 0.243 e. The Bertz CT molecular complexity index is 133. The first kappa shape index (κ1) is 9.42. The summed E-state index contributed by atoms with van der Waals surface area (Å²) in [6, 6.07) is 0. The van der Waals surface area contributed by atoms with Crippen molar-refractivity contribution in [1.82, 2.24) is 10.6 Å². The number of alkyl halides is 1. The molecule has 0 aliphatic rings. The van der Waals surface area contributed by atoms with Crippen LogP contribution in [0.4, 0.5) is 0 Å². The second kappa shape index (κ2) is 4.27. The average Bonchev–Trinajstić information content (AvgIpc) is 2.00. The number of nitrogens with one attached hydrogen (secondary N) is 2. The molecule has 0 aromatic heterocycles. The van der Waals surface area contributed by atoms with Crippen molar-refractivity contribution in [3.05, 3.63) is 0 Å². The average molecular weight is 209 g/mol. The van der Waals surface area contributed by atoms with Crippen molar-refractivity contribution in [2.24, 2.45) is 0 Å². The minimum atomic E-state index is -0.789. The highest BCUT2D eigenvalue weighted by molar-refractivity contribution is 9.10. The molecule has 0 fully saturated rings. The van der Waals surface area contributed by atoms with Gasteiger partial charge in [-0.05, 0) is 0 Å². The van der Waals surface area contributed by atoms with E-state index in [0.717, 1.165) is 0 Å². The fraction of sp³-hybridized carbons (Fsp3) is 0.600. The Labute approximate surface area is 67.5 Å². The molecule has 0 aliphatic carbocycles. The van der Waals surface area contributed by atoms with Crippen molar-refractivity contribution >= 4 is 27.7 Å². The van der Waals surface area contributed by atoms with E-state index in [4.69, 9.17) is 0 Å². The largest absolute Gasteiger partial charge is 0.358 e. The Morgan fingerprint density at radius 3 is 1.70 bits per heavy atom. The van der Waals surface area contributed by atoms with E-state index in [1.165, 1.54) is 14.1 Å². The molecule has 0 atom stereocenters. The van der Waals surface area contributed by atoms with Crippen LogP contribution in [0.2, 0.25) is 0 Å². The lowest BCUT2D eigenvalue weighted by Gasteiger charge is -2.04. The first-order valence-corrected chi connectivity index (χ1v) is 3.62. The summed E-state index contributed by atoms with van der Waals surface area (Å²) in [4.78, 5) is 20.6. The molecule has 0 unspecified atom stereocenters. The molecule has 10 heavy (non-hydrogen) atoms. The zero-order valence-corrected chi connectivity index (χ0v) is 7.36. The molecule has 0 radical (unpaired) electrons. The van der Waals surface area contributed by atoms with Gasteiger partial charge in [-0.25, -0.2) is 0 Å². The van der Waals surface area contributed by atoms with Crippen molar-refractivity contribution in [3.8, 4) is 0 Å². The molecule has 0 rings (SSSR count). The van der Waals surface area contributed by atoms with Gasteiger partial charge in [0.05, 0.1) is 0 Å². The molecule has 5 heteroatoms. The second-order valence-electron chi connectivity index (χ2n) is 1.59. The van der Waals surface area contributed by atoms with E-state index < -0.39 is 4.83 Å². The van der Waals surface area contributed by atoms with Gasteiger partial charge < -0.3 is 10.6 Å². The third-order valence-corrected chi connectivity index (χ3v) is 1.78. The lowest BCUT2D eigenvalue weighted by Crippen LogP contribution is -2.39. The molecule has 0 heterocycles. The number of amides is 2. The SMILES string of the molecule is CNC(=O)C(Br)C(=O)NC. The van der Waals surface area contributed by atoms with Crippen LogP contribution >= 0.6 is 15.9 Å². The molecule has 58 valence electrons. The number of hydrogen-bond acceptors (Lipinski definition) is 2. The van der Waals surface area contributed by atoms with E-state index in [9.17, 15) is 9.59 Å². The zero-order chi connectivity index (χ0) is 8.15. The molecule has 0 spiro atoms. The van der Waals surface area contributed by atoms with Crippen LogP contribution in [0.3, 0.4) is 0 Å². The summed E-state index contributed by atoms with van der Waals surface area (Å²) in [5, 5.41) is 4.67. The molecule has 2 N–H and O–H groups in total. The summed E-state index contributed by atoms with van der Waals surface area (Å²) in [5.74, 6) is -0.696. The maximum absolute atomic E-state index is 10.7. The van der Waals surface area contributed by atoms with E-state index in [1.54, 1.807) is 0 Å². The Kier molecular flexibility index (Phi) is 4.02. The standard InChI is InChI=1S/C5H9BrN2O2/c1-7-4(9)3(6)5(10)8-2/h3H,1-2H3,(H,7,9)(H,8,10). The normalized spacial score (nSPS) is 9.20. The minimum absolute atomic E-state index is 0.348. The summed E-state index contributed by atoms with van der Waals surface area (Å²) in [7, 11) is 2.94. The fourth-order valence-electron chi connectivity index (χ4n) is 0.373. The Balaban J connectivity index is 3.94. The Morgan fingerprint density at radius 1 is 1.20 bits per heavy atom. The number of hydrogen-bond donors (Lipinski definition) is 2. The van der Waals surface area contributed by atoms with Crippen LogP contribution in [0.1, 0.15) is 0 Å². The number of carbonyl (C=O) groups is 2. The van der Waals surface area contributed by atoms with Crippen molar-refractivity contribution < 1.29 is 9.59 Å². The van der Waals surface area contributed by atoms with E-state index in [2.05, 4.69) is 26.6 Å². The van der Waals surface area contributed by atoms with Gasteiger partial charge in [-0.2, -0.15) is 0 Å². The Morgan fingerprint density at radius 2 is 1.50 bits per heavy atom. The number of halogens is 1. The summed E-state index contributed by atoms with van der Waals surface area (Å²) < 4.78 is 0. The highest BCUT2D eigenvalue weighted by Crippen LogP contribution is 1.97. The van der Waals surface area contributed by atoms with Gasteiger partial charge in [0.15, 0.2) is 4.83 Å². The topological polar surface area (TPSA) is 58.2 Å². The lowest BCUT2D eigenvalue weighted by atomic mass is 10.4. The minimum Gasteiger partial charge on any atom is -0.358 e. The van der Waals surface area contributed by atoms with Crippen molar-refractivity contribution in [2.75, 3.05) is 14.1 Å². The second-order valence-corrected chi connectivity index (χ2v) is 2.51. The van der Waals surface area contributed by atoms with Gasteiger partial charge in [-0.3, -0.25) is 9.59 Å². The molecule has 4 nitrogen and oxygen atoms in total. The van der Waals surface area contributed by atoms with Crippen LogP contribution in [0.5, 0.6) is 0 Å². The van der Waals surface area contributed by atoms with E-state index >= 15 is 0 Å². The van der Waals surface area contributed by atoms with Crippen molar-refractivity contribution in [3.63, 3.8) is 0 Å². The number of carbonyl (C=O) groups excluding carboxylic acids is 2. The van der Waals surface area contributed by atoms with Crippen LogP contribution in [-0.4, -0.2) is 30.7 Å². The molecule has 0 saturated carbocycles. The maximum Gasteiger partial charge on any atom is 0.243 e. The summed E-state index contributed by atoms with van der Waals surface area (Å²) in [5.41, 5.74) is 0. The van der Waals surface area contributed by atoms with Gasteiger partial charge in [0, 0.05) is 14.1 Å². The van der Waals surface area contributed by atoms with E-state index in [0.29, 0.717) is 0 Å². The van der Waals surface area contributed by atoms with Gasteiger partial charge >= 0.3 is 0 Å². The third kappa shape index (κ3) is 2.34. The molecular formula is C5H9BrN2O2. The van der Waals surface area contributed by atoms with Crippen LogP contribution in [-0.2, 0) is 9.59 Å². The highest BCUT2D eigenvalue weighted by Gasteiger charge is 2.20. The number of rotatable bonds is 2. The van der Waals surface area contributed by atoms with Crippen LogP contribution < -0.4 is 10.6 Å². The summed E-state index contributed by atoms with van der Waals surface area (Å²) >= 11 is 2.90. The predicted molar refractivity (Wildman–Crippen MR) is 40.8 cm³/mol. The van der Waals surface area contributed by atoms with Crippen molar-refractivity contribution in [1.29, 1.82) is 0 Å².